The Kier molecular flexibility index (Phi) is 5.17. The summed E-state index contributed by atoms with van der Waals surface area (Å²) in [4.78, 5) is 20.7. The van der Waals surface area contributed by atoms with Crippen LogP contribution >= 0.6 is 15.9 Å². The van der Waals surface area contributed by atoms with Crippen molar-refractivity contribution < 1.29 is 14.3 Å². The van der Waals surface area contributed by atoms with E-state index in [-0.39, 0.29) is 5.69 Å². The normalized spacial score (nSPS) is 11.5. The number of nitrogens with two attached hydrogens (primary N) is 1. The van der Waals surface area contributed by atoms with Gasteiger partial charge in [0.25, 0.3) is 0 Å². The number of furan rings is 1. The number of benzene rings is 2. The first-order valence-corrected chi connectivity index (χ1v) is 11.3. The summed E-state index contributed by atoms with van der Waals surface area (Å²) in [6.07, 6.45) is 0.702. The fourth-order valence-corrected chi connectivity index (χ4v) is 4.71. The zero-order chi connectivity index (χ0) is 23.3. The van der Waals surface area contributed by atoms with E-state index in [0.29, 0.717) is 30.1 Å². The van der Waals surface area contributed by atoms with E-state index in [4.69, 9.17) is 15.1 Å². The van der Waals surface area contributed by atoms with Crippen molar-refractivity contribution in [1.82, 2.24) is 14.5 Å². The number of fused-ring (bicyclic) bond motifs is 2. The van der Waals surface area contributed by atoms with Crippen molar-refractivity contribution >= 4 is 49.7 Å². The quantitative estimate of drug-likeness (QED) is 0.292. The molecule has 3 aromatic heterocycles. The average molecular weight is 505 g/mol. The van der Waals surface area contributed by atoms with Crippen LogP contribution < -0.4 is 5.73 Å². The minimum Gasteiger partial charge on any atom is -0.477 e. The topological polar surface area (TPSA) is 107 Å². The summed E-state index contributed by atoms with van der Waals surface area (Å²) >= 11 is 3.69. The lowest BCUT2D eigenvalue weighted by Crippen LogP contribution is -2.07. The van der Waals surface area contributed by atoms with Crippen molar-refractivity contribution in [3.8, 4) is 11.3 Å². The number of imidazole rings is 1. The molecule has 0 bridgehead atoms. The van der Waals surface area contributed by atoms with E-state index in [1.54, 1.807) is 6.07 Å². The van der Waals surface area contributed by atoms with Crippen molar-refractivity contribution in [2.45, 2.75) is 26.8 Å². The number of rotatable bonds is 5. The number of carbonyl (C=O) groups is 1. The highest BCUT2D eigenvalue weighted by molar-refractivity contribution is 9.10. The maximum absolute atomic E-state index is 11.6. The second-order valence-corrected chi connectivity index (χ2v) is 8.73. The molecular weight excluding hydrogens is 484 g/mol. The number of para-hydroxylation sites is 1. The molecule has 3 heterocycles. The Hall–Kier alpha value is -3.65. The summed E-state index contributed by atoms with van der Waals surface area (Å²) < 4.78 is 8.93. The molecule has 3 N–H and O–H groups in total. The predicted molar refractivity (Wildman–Crippen MR) is 131 cm³/mol. The fourth-order valence-electron chi connectivity index (χ4n) is 4.11. The molecule has 5 rings (SSSR count). The predicted octanol–water partition coefficient (Wildman–Crippen LogP) is 5.81. The molecule has 7 nitrogen and oxygen atoms in total. The minimum absolute atomic E-state index is 0.0157. The van der Waals surface area contributed by atoms with E-state index in [0.717, 1.165) is 43.5 Å². The fraction of sp³-hybridized carbons (Fsp3) is 0.160. The van der Waals surface area contributed by atoms with Crippen LogP contribution in [0.2, 0.25) is 0 Å². The highest BCUT2D eigenvalue weighted by Gasteiger charge is 2.19. The molecule has 166 valence electrons. The lowest BCUT2D eigenvalue weighted by atomic mass is 10.1. The second-order valence-electron chi connectivity index (χ2n) is 7.93. The standard InChI is InChI=1S/C25H21BrN4O3/c1-3-20-29-22-13(2)10-18(25(31)32)28-24(22)30(20)12-14-8-9-19-16(11-14)21(26)23(33-19)15-6-4-5-7-17(15)27/h4-11H,3,12,27H2,1-2H3,(H,31,32). The first kappa shape index (κ1) is 21.2. The summed E-state index contributed by atoms with van der Waals surface area (Å²) in [5.41, 5.74) is 11.5. The van der Waals surface area contributed by atoms with Crippen molar-refractivity contribution in [3.63, 3.8) is 0 Å². The van der Waals surface area contributed by atoms with Gasteiger partial charge in [-0.15, -0.1) is 0 Å². The lowest BCUT2D eigenvalue weighted by molar-refractivity contribution is 0.0690. The van der Waals surface area contributed by atoms with E-state index in [1.165, 1.54) is 0 Å². The Balaban J connectivity index is 1.62. The molecule has 0 aliphatic rings. The highest BCUT2D eigenvalue weighted by Crippen LogP contribution is 2.40. The minimum atomic E-state index is -1.05. The number of aromatic carboxylic acids is 1. The number of pyridine rings is 1. The van der Waals surface area contributed by atoms with Crippen molar-refractivity contribution in [3.05, 3.63) is 75.6 Å². The average Bonchev–Trinajstić information content (AvgIpc) is 3.32. The van der Waals surface area contributed by atoms with Crippen LogP contribution in [0.15, 0.2) is 57.4 Å². The SMILES string of the molecule is CCc1nc2c(C)cc(C(=O)O)nc2n1Cc1ccc2oc(-c3ccccc3N)c(Br)c2c1. The molecule has 0 radical (unpaired) electrons. The number of aromatic nitrogens is 3. The van der Waals surface area contributed by atoms with Crippen LogP contribution in [0.1, 0.15) is 34.4 Å². The number of carboxylic acids is 1. The molecule has 0 fully saturated rings. The van der Waals surface area contributed by atoms with E-state index in [1.807, 2.05) is 54.8 Å². The number of hydrogen-bond donors (Lipinski definition) is 2. The van der Waals surface area contributed by atoms with E-state index < -0.39 is 5.97 Å². The molecule has 0 aliphatic heterocycles. The Morgan fingerprint density at radius 3 is 2.70 bits per heavy atom. The van der Waals surface area contributed by atoms with Crippen molar-refractivity contribution in [2.24, 2.45) is 0 Å². The van der Waals surface area contributed by atoms with Crippen LogP contribution in [0, 0.1) is 6.92 Å². The first-order chi connectivity index (χ1) is 15.9. The molecule has 0 atom stereocenters. The van der Waals surface area contributed by atoms with E-state index in [9.17, 15) is 9.90 Å². The first-order valence-electron chi connectivity index (χ1n) is 10.5. The summed E-state index contributed by atoms with van der Waals surface area (Å²) in [6, 6.07) is 15.1. The van der Waals surface area contributed by atoms with Gasteiger partial charge < -0.3 is 19.8 Å². The lowest BCUT2D eigenvalue weighted by Gasteiger charge is -2.09. The largest absolute Gasteiger partial charge is 0.477 e. The Labute approximate surface area is 198 Å². The van der Waals surface area contributed by atoms with Gasteiger partial charge in [-0.1, -0.05) is 25.1 Å². The molecule has 0 saturated carbocycles. The van der Waals surface area contributed by atoms with Crippen LogP contribution in [0.4, 0.5) is 5.69 Å². The van der Waals surface area contributed by atoms with Gasteiger partial charge in [-0.25, -0.2) is 14.8 Å². The molecule has 33 heavy (non-hydrogen) atoms. The van der Waals surface area contributed by atoms with Gasteiger partial charge in [-0.05, 0) is 64.3 Å². The summed E-state index contributed by atoms with van der Waals surface area (Å²) in [6.45, 7) is 4.39. The number of aryl methyl sites for hydroxylation is 2. The van der Waals surface area contributed by atoms with Gasteiger partial charge in [0.15, 0.2) is 17.1 Å². The van der Waals surface area contributed by atoms with Gasteiger partial charge in [0.05, 0.1) is 11.0 Å². The maximum atomic E-state index is 11.6. The molecule has 0 saturated heterocycles. The molecule has 0 aliphatic carbocycles. The summed E-state index contributed by atoms with van der Waals surface area (Å²) in [7, 11) is 0. The zero-order valence-corrected chi connectivity index (χ0v) is 19.7. The molecule has 8 heteroatoms. The third kappa shape index (κ3) is 3.56. The number of nitrogen functional groups attached to an aromatic ring is 1. The number of anilines is 1. The van der Waals surface area contributed by atoms with Gasteiger partial charge in [0.1, 0.15) is 16.9 Å². The maximum Gasteiger partial charge on any atom is 0.354 e. The number of carboxylic acid groups (broad SMARTS) is 1. The van der Waals surface area contributed by atoms with Gasteiger partial charge >= 0.3 is 5.97 Å². The van der Waals surface area contributed by atoms with Gasteiger partial charge in [0.2, 0.25) is 0 Å². The van der Waals surface area contributed by atoms with Crippen LogP contribution in [0.3, 0.4) is 0 Å². The zero-order valence-electron chi connectivity index (χ0n) is 18.1. The summed E-state index contributed by atoms with van der Waals surface area (Å²) in [5.74, 6) is 0.487. The third-order valence-electron chi connectivity index (χ3n) is 5.75. The molecule has 5 aromatic rings. The van der Waals surface area contributed by atoms with E-state index >= 15 is 0 Å². The van der Waals surface area contributed by atoms with Gasteiger partial charge in [-0.3, -0.25) is 0 Å². The highest BCUT2D eigenvalue weighted by atomic mass is 79.9. The van der Waals surface area contributed by atoms with Gasteiger partial charge in [0, 0.05) is 23.1 Å². The van der Waals surface area contributed by atoms with Gasteiger partial charge in [-0.2, -0.15) is 0 Å². The Morgan fingerprint density at radius 1 is 1.18 bits per heavy atom. The van der Waals surface area contributed by atoms with Crippen molar-refractivity contribution in [2.75, 3.05) is 5.73 Å². The molecule has 0 unspecified atom stereocenters. The van der Waals surface area contributed by atoms with Crippen LogP contribution in [-0.4, -0.2) is 25.6 Å². The summed E-state index contributed by atoms with van der Waals surface area (Å²) in [5, 5.41) is 10.4. The number of halogens is 1. The van der Waals surface area contributed by atoms with Crippen molar-refractivity contribution in [1.29, 1.82) is 0 Å². The molecule has 2 aromatic carbocycles. The number of nitrogens with zero attached hydrogens (tertiary/aromatic N) is 3. The van der Waals surface area contributed by atoms with Crippen LogP contribution in [0.25, 0.3) is 33.5 Å². The molecular formula is C25H21BrN4O3. The molecule has 0 spiro atoms. The monoisotopic (exact) mass is 504 g/mol. The Morgan fingerprint density at radius 2 is 1.97 bits per heavy atom. The third-order valence-corrected chi connectivity index (χ3v) is 6.53. The molecule has 0 amide bonds. The van der Waals surface area contributed by atoms with Crippen LogP contribution in [0.5, 0.6) is 0 Å². The number of hydrogen-bond acceptors (Lipinski definition) is 5. The smallest absolute Gasteiger partial charge is 0.354 e. The second kappa shape index (κ2) is 8.04. The Bertz CT molecular complexity index is 1550. The van der Waals surface area contributed by atoms with E-state index in [2.05, 4.69) is 27.0 Å². The van der Waals surface area contributed by atoms with Crippen LogP contribution in [-0.2, 0) is 13.0 Å².